The van der Waals surface area contributed by atoms with Crippen LogP contribution in [0.1, 0.15) is 16.8 Å². The van der Waals surface area contributed by atoms with Crippen LogP contribution in [0.25, 0.3) is 0 Å². The maximum Gasteiger partial charge on any atom is 0.255 e. The van der Waals surface area contributed by atoms with Gasteiger partial charge in [0.2, 0.25) is 11.8 Å². The lowest BCUT2D eigenvalue weighted by atomic mass is 9.92. The number of aliphatic hydroxyl groups is 1. The van der Waals surface area contributed by atoms with E-state index in [1.165, 1.54) is 20.4 Å². The van der Waals surface area contributed by atoms with E-state index < -0.39 is 0 Å². The number of aliphatic hydroxyl groups excluding tert-OH is 1. The Morgan fingerprint density at radius 2 is 2.21 bits per heavy atom. The fourth-order valence-electron chi connectivity index (χ4n) is 2.76. The number of nitrogens with one attached hydrogen (secondary N) is 1. The second-order valence-corrected chi connectivity index (χ2v) is 5.68. The van der Waals surface area contributed by atoms with Crippen molar-refractivity contribution in [3.8, 4) is 5.88 Å². The first kappa shape index (κ1) is 18.2. The molecular weight excluding hydrogens is 314 g/mol. The van der Waals surface area contributed by atoms with Crippen LogP contribution in [0.3, 0.4) is 0 Å². The standard InChI is InChI=1S/C16H23N3O5/c1-23-10-14(21)18-13-8-19(6-5-12(13)9-20)16(22)11-3-4-15(24-2)17-7-11/h3-4,7,12-13,20H,5-6,8-10H2,1-2H3,(H,18,21)/t12-,13-/m1/s1. The molecule has 1 aromatic heterocycles. The summed E-state index contributed by atoms with van der Waals surface area (Å²) in [6.45, 7) is 0.771. The number of ether oxygens (including phenoxy) is 2. The van der Waals surface area contributed by atoms with Gasteiger partial charge in [-0.15, -0.1) is 0 Å². The van der Waals surface area contributed by atoms with Crippen LogP contribution in [-0.2, 0) is 9.53 Å². The number of hydrogen-bond donors (Lipinski definition) is 2. The number of likely N-dealkylation sites (tertiary alicyclic amines) is 1. The Hall–Kier alpha value is -2.19. The second kappa shape index (κ2) is 8.60. The number of rotatable bonds is 6. The molecule has 0 radical (unpaired) electrons. The summed E-state index contributed by atoms with van der Waals surface area (Å²) in [5, 5.41) is 12.3. The van der Waals surface area contributed by atoms with Gasteiger partial charge in [0.25, 0.3) is 5.91 Å². The molecular formula is C16H23N3O5. The molecule has 8 nitrogen and oxygen atoms in total. The van der Waals surface area contributed by atoms with E-state index in [-0.39, 0.29) is 37.0 Å². The molecule has 0 spiro atoms. The molecule has 0 bridgehead atoms. The third-order valence-electron chi connectivity index (χ3n) is 4.09. The fourth-order valence-corrected chi connectivity index (χ4v) is 2.76. The van der Waals surface area contributed by atoms with E-state index in [1.54, 1.807) is 17.0 Å². The molecule has 2 N–H and O–H groups in total. The minimum absolute atomic E-state index is 0.0376. The van der Waals surface area contributed by atoms with Crippen molar-refractivity contribution in [3.05, 3.63) is 23.9 Å². The molecule has 2 rings (SSSR count). The molecule has 2 heterocycles. The SMILES string of the molecule is COCC(=O)N[C@@H]1CN(C(=O)c2ccc(OC)nc2)CC[C@@H]1CO. The molecule has 1 aliphatic rings. The minimum atomic E-state index is -0.304. The van der Waals surface area contributed by atoms with Gasteiger partial charge in [0.1, 0.15) is 6.61 Å². The first-order valence-corrected chi connectivity index (χ1v) is 7.77. The van der Waals surface area contributed by atoms with Crippen LogP contribution in [0.4, 0.5) is 0 Å². The quantitative estimate of drug-likeness (QED) is 0.737. The van der Waals surface area contributed by atoms with Gasteiger partial charge in [-0.3, -0.25) is 9.59 Å². The van der Waals surface area contributed by atoms with E-state index in [0.29, 0.717) is 31.0 Å². The molecule has 132 valence electrons. The van der Waals surface area contributed by atoms with Crippen molar-refractivity contribution in [2.75, 3.05) is 40.5 Å². The highest BCUT2D eigenvalue weighted by Crippen LogP contribution is 2.20. The summed E-state index contributed by atoms with van der Waals surface area (Å²) in [4.78, 5) is 30.0. The topological polar surface area (TPSA) is 101 Å². The average molecular weight is 337 g/mol. The zero-order chi connectivity index (χ0) is 17.5. The highest BCUT2D eigenvalue weighted by atomic mass is 16.5. The number of methoxy groups -OCH3 is 2. The predicted octanol–water partition coefficient (Wildman–Crippen LogP) is -0.324. The smallest absolute Gasteiger partial charge is 0.255 e. The van der Waals surface area contributed by atoms with Crippen LogP contribution < -0.4 is 10.1 Å². The summed E-state index contributed by atoms with van der Waals surface area (Å²) in [6, 6.07) is 2.98. The van der Waals surface area contributed by atoms with Gasteiger partial charge >= 0.3 is 0 Å². The van der Waals surface area contributed by atoms with Crippen molar-refractivity contribution in [2.24, 2.45) is 5.92 Å². The molecule has 0 unspecified atom stereocenters. The summed E-state index contributed by atoms with van der Waals surface area (Å²) in [5.74, 6) is -0.0620. The van der Waals surface area contributed by atoms with Gasteiger partial charge < -0.3 is 24.8 Å². The molecule has 0 aliphatic carbocycles. The Morgan fingerprint density at radius 3 is 2.79 bits per heavy atom. The van der Waals surface area contributed by atoms with Crippen molar-refractivity contribution < 1.29 is 24.2 Å². The minimum Gasteiger partial charge on any atom is -0.481 e. The van der Waals surface area contributed by atoms with E-state index >= 15 is 0 Å². The lowest BCUT2D eigenvalue weighted by molar-refractivity contribution is -0.126. The highest BCUT2D eigenvalue weighted by Gasteiger charge is 2.32. The van der Waals surface area contributed by atoms with Crippen LogP contribution in [0.5, 0.6) is 5.88 Å². The summed E-state index contributed by atoms with van der Waals surface area (Å²) in [5.41, 5.74) is 0.459. The molecule has 2 atom stereocenters. The van der Waals surface area contributed by atoms with Crippen molar-refractivity contribution in [2.45, 2.75) is 12.5 Å². The lowest BCUT2D eigenvalue weighted by Crippen LogP contribution is -2.55. The summed E-state index contributed by atoms with van der Waals surface area (Å²) in [6.07, 6.45) is 2.08. The van der Waals surface area contributed by atoms with Crippen molar-refractivity contribution in [1.29, 1.82) is 0 Å². The Kier molecular flexibility index (Phi) is 6.51. The molecule has 1 fully saturated rings. The van der Waals surface area contributed by atoms with Gasteiger partial charge in [-0.2, -0.15) is 0 Å². The molecule has 1 saturated heterocycles. The number of nitrogens with zero attached hydrogens (tertiary/aromatic N) is 2. The van der Waals surface area contributed by atoms with Gasteiger partial charge in [-0.05, 0) is 12.5 Å². The second-order valence-electron chi connectivity index (χ2n) is 5.68. The molecule has 0 saturated carbocycles. The third-order valence-corrected chi connectivity index (χ3v) is 4.09. The Bertz CT molecular complexity index is 563. The van der Waals surface area contributed by atoms with E-state index in [2.05, 4.69) is 10.3 Å². The van der Waals surface area contributed by atoms with Gasteiger partial charge in [-0.1, -0.05) is 0 Å². The Labute approximate surface area is 140 Å². The van der Waals surface area contributed by atoms with Crippen LogP contribution in [0.2, 0.25) is 0 Å². The maximum absolute atomic E-state index is 12.6. The fraction of sp³-hybridized carbons (Fsp3) is 0.562. The summed E-state index contributed by atoms with van der Waals surface area (Å²) < 4.78 is 9.79. The van der Waals surface area contributed by atoms with Crippen LogP contribution in [-0.4, -0.2) is 73.4 Å². The molecule has 24 heavy (non-hydrogen) atoms. The number of amides is 2. The van der Waals surface area contributed by atoms with E-state index in [0.717, 1.165) is 0 Å². The molecule has 0 aromatic carbocycles. The predicted molar refractivity (Wildman–Crippen MR) is 85.7 cm³/mol. The average Bonchev–Trinajstić information content (AvgIpc) is 2.61. The van der Waals surface area contributed by atoms with Gasteiger partial charge in [0.15, 0.2) is 0 Å². The van der Waals surface area contributed by atoms with Gasteiger partial charge in [0, 0.05) is 45.0 Å². The van der Waals surface area contributed by atoms with Gasteiger partial charge in [0.05, 0.1) is 18.7 Å². The van der Waals surface area contributed by atoms with Crippen molar-refractivity contribution in [1.82, 2.24) is 15.2 Å². The van der Waals surface area contributed by atoms with Crippen LogP contribution in [0.15, 0.2) is 18.3 Å². The molecule has 2 amide bonds. The van der Waals surface area contributed by atoms with Crippen molar-refractivity contribution >= 4 is 11.8 Å². The first-order chi connectivity index (χ1) is 11.6. The normalized spacial score (nSPS) is 20.5. The number of pyridine rings is 1. The van der Waals surface area contributed by atoms with E-state index in [1.807, 2.05) is 0 Å². The molecule has 1 aliphatic heterocycles. The number of carbonyl (C=O) groups is 2. The summed E-state index contributed by atoms with van der Waals surface area (Å²) >= 11 is 0. The first-order valence-electron chi connectivity index (χ1n) is 7.77. The zero-order valence-electron chi connectivity index (χ0n) is 13.9. The van der Waals surface area contributed by atoms with Crippen molar-refractivity contribution in [3.63, 3.8) is 0 Å². The third kappa shape index (κ3) is 4.42. The van der Waals surface area contributed by atoms with E-state index in [4.69, 9.17) is 9.47 Å². The Balaban J connectivity index is 2.04. The van der Waals surface area contributed by atoms with Crippen LogP contribution >= 0.6 is 0 Å². The number of piperidine rings is 1. The maximum atomic E-state index is 12.6. The number of carbonyl (C=O) groups excluding carboxylic acids is 2. The van der Waals surface area contributed by atoms with Crippen LogP contribution in [0, 0.1) is 5.92 Å². The molecule has 8 heteroatoms. The Morgan fingerprint density at radius 1 is 1.42 bits per heavy atom. The lowest BCUT2D eigenvalue weighted by Gasteiger charge is -2.38. The monoisotopic (exact) mass is 337 g/mol. The summed E-state index contributed by atoms with van der Waals surface area (Å²) in [7, 11) is 2.95. The highest BCUT2D eigenvalue weighted by molar-refractivity contribution is 5.94. The van der Waals surface area contributed by atoms with Gasteiger partial charge in [-0.25, -0.2) is 4.98 Å². The number of aromatic nitrogens is 1. The zero-order valence-corrected chi connectivity index (χ0v) is 13.9. The number of hydrogen-bond acceptors (Lipinski definition) is 6. The largest absolute Gasteiger partial charge is 0.481 e. The molecule has 1 aromatic rings. The van der Waals surface area contributed by atoms with E-state index in [9.17, 15) is 14.7 Å².